The van der Waals surface area contributed by atoms with Gasteiger partial charge in [0.25, 0.3) is 0 Å². The van der Waals surface area contributed by atoms with Gasteiger partial charge in [0.2, 0.25) is 0 Å². The quantitative estimate of drug-likeness (QED) is 0.723. The Morgan fingerprint density at radius 1 is 1.69 bits per heavy atom. The maximum absolute atomic E-state index is 13.3. The van der Waals surface area contributed by atoms with E-state index in [1.165, 1.54) is 0 Å². The van der Waals surface area contributed by atoms with Crippen LogP contribution in [0.4, 0.5) is 4.39 Å². The molecule has 0 radical (unpaired) electrons. The topological polar surface area (TPSA) is 40.5 Å². The second-order valence-corrected chi connectivity index (χ2v) is 3.76. The van der Waals surface area contributed by atoms with Crippen molar-refractivity contribution in [2.24, 2.45) is 5.92 Å². The third-order valence-electron chi connectivity index (χ3n) is 2.61. The van der Waals surface area contributed by atoms with Crippen LogP contribution in [0, 0.1) is 5.92 Å². The first-order chi connectivity index (χ1) is 6.09. The number of carboxylic acid groups (broad SMARTS) is 1. The number of carbonyl (C=O) groups is 1. The Morgan fingerprint density at radius 2 is 2.38 bits per heavy atom. The van der Waals surface area contributed by atoms with Crippen molar-refractivity contribution in [2.45, 2.75) is 25.4 Å². The zero-order valence-corrected chi connectivity index (χ0v) is 7.87. The van der Waals surface area contributed by atoms with E-state index >= 15 is 0 Å². The molecule has 0 spiro atoms. The standard InChI is InChI=1S/C9H16FNO2/c1-11-5-4-7(8(10)6-11)2-3-9(12)13/h7-8H,2-6H2,1H3,(H,12,13)/t7-,8+/m0/s1. The largest absolute Gasteiger partial charge is 0.481 e. The molecule has 1 heterocycles. The molecule has 0 aromatic heterocycles. The predicted molar refractivity (Wildman–Crippen MR) is 47.4 cm³/mol. The van der Waals surface area contributed by atoms with Gasteiger partial charge in [0.05, 0.1) is 0 Å². The molecule has 0 aliphatic carbocycles. The molecule has 0 unspecified atom stereocenters. The summed E-state index contributed by atoms with van der Waals surface area (Å²) in [5.41, 5.74) is 0. The van der Waals surface area contributed by atoms with Crippen LogP contribution in [0.5, 0.6) is 0 Å². The minimum atomic E-state index is -0.849. The van der Waals surface area contributed by atoms with Crippen molar-refractivity contribution in [3.63, 3.8) is 0 Å². The lowest BCUT2D eigenvalue weighted by Gasteiger charge is -2.31. The molecule has 0 aromatic carbocycles. The van der Waals surface area contributed by atoms with Crippen molar-refractivity contribution in [3.05, 3.63) is 0 Å². The van der Waals surface area contributed by atoms with Gasteiger partial charge in [-0.1, -0.05) is 0 Å². The summed E-state index contributed by atoms with van der Waals surface area (Å²) >= 11 is 0. The van der Waals surface area contributed by atoms with E-state index in [9.17, 15) is 9.18 Å². The third kappa shape index (κ3) is 3.30. The van der Waals surface area contributed by atoms with Crippen molar-refractivity contribution in [1.29, 1.82) is 0 Å². The summed E-state index contributed by atoms with van der Waals surface area (Å²) in [5, 5.41) is 8.45. The van der Waals surface area contributed by atoms with Crippen LogP contribution < -0.4 is 0 Å². The van der Waals surface area contributed by atoms with Crippen molar-refractivity contribution < 1.29 is 14.3 Å². The van der Waals surface area contributed by atoms with Crippen LogP contribution in [-0.4, -0.2) is 42.3 Å². The van der Waals surface area contributed by atoms with E-state index in [-0.39, 0.29) is 12.3 Å². The SMILES string of the molecule is CN1CC[C@H](CCC(=O)O)[C@H](F)C1. The normalized spacial score (nSPS) is 30.3. The summed E-state index contributed by atoms with van der Waals surface area (Å²) in [6.07, 6.45) is 0.502. The minimum absolute atomic E-state index is 0.0488. The molecule has 0 aromatic rings. The summed E-state index contributed by atoms with van der Waals surface area (Å²) in [4.78, 5) is 12.2. The second-order valence-electron chi connectivity index (χ2n) is 3.76. The highest BCUT2D eigenvalue weighted by atomic mass is 19.1. The third-order valence-corrected chi connectivity index (χ3v) is 2.61. The van der Waals surface area contributed by atoms with E-state index in [0.717, 1.165) is 13.0 Å². The first-order valence-corrected chi connectivity index (χ1v) is 4.64. The zero-order valence-electron chi connectivity index (χ0n) is 7.87. The molecule has 3 nitrogen and oxygen atoms in total. The van der Waals surface area contributed by atoms with Crippen LogP contribution in [-0.2, 0) is 4.79 Å². The van der Waals surface area contributed by atoms with Crippen LogP contribution in [0.2, 0.25) is 0 Å². The molecule has 1 fully saturated rings. The van der Waals surface area contributed by atoms with Crippen molar-refractivity contribution >= 4 is 5.97 Å². The fourth-order valence-corrected chi connectivity index (χ4v) is 1.74. The minimum Gasteiger partial charge on any atom is -0.481 e. The Labute approximate surface area is 77.5 Å². The molecule has 4 heteroatoms. The fraction of sp³-hybridized carbons (Fsp3) is 0.889. The molecule has 1 aliphatic rings. The van der Waals surface area contributed by atoms with Crippen molar-refractivity contribution in [3.8, 4) is 0 Å². The summed E-state index contributed by atoms with van der Waals surface area (Å²) < 4.78 is 13.3. The average Bonchev–Trinajstić information content (AvgIpc) is 2.02. The maximum atomic E-state index is 13.3. The van der Waals surface area contributed by atoms with Gasteiger partial charge in [-0.05, 0) is 32.4 Å². The monoisotopic (exact) mass is 189 g/mol. The summed E-state index contributed by atoms with van der Waals surface area (Å²) in [5.74, 6) is -0.876. The first kappa shape index (κ1) is 10.4. The number of carboxylic acids is 1. The number of aliphatic carboxylic acids is 1. The number of hydrogen-bond acceptors (Lipinski definition) is 2. The summed E-state index contributed by atoms with van der Waals surface area (Å²) in [6, 6.07) is 0. The Hall–Kier alpha value is -0.640. The van der Waals surface area contributed by atoms with E-state index in [1.807, 2.05) is 11.9 Å². The molecule has 13 heavy (non-hydrogen) atoms. The van der Waals surface area contributed by atoms with Gasteiger partial charge in [-0.15, -0.1) is 0 Å². The van der Waals surface area contributed by atoms with Crippen LogP contribution in [0.1, 0.15) is 19.3 Å². The van der Waals surface area contributed by atoms with Crippen LogP contribution in [0.3, 0.4) is 0 Å². The number of rotatable bonds is 3. The molecule has 76 valence electrons. The molecule has 2 atom stereocenters. The van der Waals surface area contributed by atoms with Gasteiger partial charge in [-0.25, -0.2) is 4.39 Å². The molecule has 0 bridgehead atoms. The van der Waals surface area contributed by atoms with Gasteiger partial charge in [-0.2, -0.15) is 0 Å². The van der Waals surface area contributed by atoms with Crippen molar-refractivity contribution in [2.75, 3.05) is 20.1 Å². The highest BCUT2D eigenvalue weighted by molar-refractivity contribution is 5.66. The number of alkyl halides is 1. The molecular formula is C9H16FNO2. The highest BCUT2D eigenvalue weighted by Gasteiger charge is 2.27. The predicted octanol–water partition coefficient (Wildman–Crippen LogP) is 1.14. The molecule has 1 aliphatic heterocycles. The highest BCUT2D eigenvalue weighted by Crippen LogP contribution is 2.23. The summed E-state index contributed by atoms with van der Waals surface area (Å²) in [7, 11) is 1.89. The zero-order chi connectivity index (χ0) is 9.84. The second kappa shape index (κ2) is 4.56. The molecule has 1 saturated heterocycles. The van der Waals surface area contributed by atoms with E-state index in [2.05, 4.69) is 0 Å². The lowest BCUT2D eigenvalue weighted by Crippen LogP contribution is -2.39. The first-order valence-electron chi connectivity index (χ1n) is 4.64. The Kier molecular flexibility index (Phi) is 3.66. The Morgan fingerprint density at radius 3 is 2.92 bits per heavy atom. The smallest absolute Gasteiger partial charge is 0.303 e. The Balaban J connectivity index is 2.29. The molecule has 1 rings (SSSR count). The molecule has 1 N–H and O–H groups in total. The average molecular weight is 189 g/mol. The number of nitrogens with zero attached hydrogens (tertiary/aromatic N) is 1. The van der Waals surface area contributed by atoms with Crippen LogP contribution in [0.15, 0.2) is 0 Å². The fourth-order valence-electron chi connectivity index (χ4n) is 1.74. The molecule has 0 amide bonds. The molecular weight excluding hydrogens is 173 g/mol. The van der Waals surface area contributed by atoms with Crippen molar-refractivity contribution in [1.82, 2.24) is 4.90 Å². The number of likely N-dealkylation sites (tertiary alicyclic amines) is 1. The van der Waals surface area contributed by atoms with Gasteiger partial charge < -0.3 is 10.0 Å². The Bertz CT molecular complexity index is 186. The van der Waals surface area contributed by atoms with E-state index in [0.29, 0.717) is 13.0 Å². The van der Waals surface area contributed by atoms with E-state index in [1.54, 1.807) is 0 Å². The van der Waals surface area contributed by atoms with Crippen LogP contribution >= 0.6 is 0 Å². The van der Waals surface area contributed by atoms with Gasteiger partial charge in [0, 0.05) is 13.0 Å². The number of hydrogen-bond donors (Lipinski definition) is 1. The van der Waals surface area contributed by atoms with Gasteiger partial charge in [-0.3, -0.25) is 4.79 Å². The van der Waals surface area contributed by atoms with E-state index < -0.39 is 12.1 Å². The van der Waals surface area contributed by atoms with Gasteiger partial charge in [0.1, 0.15) is 6.17 Å². The van der Waals surface area contributed by atoms with Gasteiger partial charge >= 0.3 is 5.97 Å². The lowest BCUT2D eigenvalue weighted by atomic mass is 9.91. The number of piperidine rings is 1. The maximum Gasteiger partial charge on any atom is 0.303 e. The number of halogens is 1. The van der Waals surface area contributed by atoms with Gasteiger partial charge in [0.15, 0.2) is 0 Å². The lowest BCUT2D eigenvalue weighted by molar-refractivity contribution is -0.137. The van der Waals surface area contributed by atoms with Crippen LogP contribution in [0.25, 0.3) is 0 Å². The summed E-state index contributed by atoms with van der Waals surface area (Å²) in [6.45, 7) is 1.33. The molecule has 0 saturated carbocycles. The van der Waals surface area contributed by atoms with E-state index in [4.69, 9.17) is 5.11 Å².